The molecule has 1 heterocycles. The van der Waals surface area contributed by atoms with Crippen molar-refractivity contribution < 1.29 is 15.0 Å². The first-order valence-corrected chi connectivity index (χ1v) is 6.37. The molecule has 0 unspecified atom stereocenters. The van der Waals surface area contributed by atoms with Crippen molar-refractivity contribution in [3.8, 4) is 11.4 Å². The number of nitrogens with zero attached hydrogens (tertiary/aromatic N) is 1. The van der Waals surface area contributed by atoms with Crippen LogP contribution in [0.1, 0.15) is 24.6 Å². The molecule has 6 nitrogen and oxygen atoms in total. The van der Waals surface area contributed by atoms with Crippen LogP contribution in [0.25, 0.3) is 5.69 Å². The van der Waals surface area contributed by atoms with E-state index in [9.17, 15) is 14.7 Å². The van der Waals surface area contributed by atoms with Gasteiger partial charge in [-0.25, -0.2) is 4.68 Å². The highest BCUT2D eigenvalue weighted by Gasteiger charge is 2.15. The van der Waals surface area contributed by atoms with E-state index in [1.54, 1.807) is 12.1 Å². The molecule has 0 radical (unpaired) electrons. The first-order valence-electron chi connectivity index (χ1n) is 6.37. The minimum Gasteiger partial charge on any atom is -0.508 e. The molecule has 0 aliphatic carbocycles. The molecule has 3 N–H and O–H groups in total. The second-order valence-electron chi connectivity index (χ2n) is 4.48. The van der Waals surface area contributed by atoms with Crippen molar-refractivity contribution in [1.82, 2.24) is 9.78 Å². The maximum absolute atomic E-state index is 12.3. The Kier molecular flexibility index (Phi) is 3.93. The smallest absolute Gasteiger partial charge is 0.303 e. The molecule has 0 saturated carbocycles. The molecular formula is C14H16N2O4. The lowest BCUT2D eigenvalue weighted by Crippen LogP contribution is -2.18. The third-order valence-electron chi connectivity index (χ3n) is 3.10. The number of rotatable bonds is 5. The fraction of sp³-hybridized carbons (Fsp3) is 0.286. The number of aromatic amines is 1. The number of phenols is 1. The number of aryl methyl sites for hydroxylation is 1. The number of hydrogen-bond acceptors (Lipinski definition) is 3. The van der Waals surface area contributed by atoms with Gasteiger partial charge in [-0.1, -0.05) is 13.0 Å². The second kappa shape index (κ2) is 5.64. The number of carbonyl (C=O) groups is 1. The van der Waals surface area contributed by atoms with E-state index >= 15 is 0 Å². The van der Waals surface area contributed by atoms with E-state index in [0.717, 1.165) is 5.69 Å². The van der Waals surface area contributed by atoms with Crippen LogP contribution in [0.2, 0.25) is 0 Å². The Bertz CT molecular complexity index is 685. The number of aliphatic carboxylic acids is 1. The van der Waals surface area contributed by atoms with E-state index in [1.807, 2.05) is 6.92 Å². The molecule has 0 atom stereocenters. The summed E-state index contributed by atoms with van der Waals surface area (Å²) in [5, 5.41) is 21.2. The summed E-state index contributed by atoms with van der Waals surface area (Å²) in [5.41, 5.74) is 1.46. The van der Waals surface area contributed by atoms with Crippen molar-refractivity contribution in [1.29, 1.82) is 0 Å². The molecule has 0 saturated heterocycles. The van der Waals surface area contributed by atoms with Crippen molar-refractivity contribution >= 4 is 5.97 Å². The van der Waals surface area contributed by atoms with E-state index in [4.69, 9.17) is 5.11 Å². The largest absolute Gasteiger partial charge is 0.508 e. The van der Waals surface area contributed by atoms with Gasteiger partial charge in [-0.05, 0) is 25.0 Å². The van der Waals surface area contributed by atoms with Crippen LogP contribution in [0.5, 0.6) is 5.75 Å². The van der Waals surface area contributed by atoms with Gasteiger partial charge in [0.1, 0.15) is 5.75 Å². The quantitative estimate of drug-likeness (QED) is 0.770. The number of nitrogens with one attached hydrogen (secondary N) is 1. The van der Waals surface area contributed by atoms with Crippen LogP contribution >= 0.6 is 0 Å². The highest BCUT2D eigenvalue weighted by atomic mass is 16.4. The van der Waals surface area contributed by atoms with E-state index in [-0.39, 0.29) is 24.2 Å². The SMILES string of the molecule is CCc1[nH]n(-c2cccc(O)c2)c(=O)c1CCC(=O)O. The number of carboxylic acids is 1. The van der Waals surface area contributed by atoms with Crippen LogP contribution < -0.4 is 5.56 Å². The molecule has 2 aromatic rings. The zero-order valence-corrected chi connectivity index (χ0v) is 11.1. The number of H-pyrrole nitrogens is 1. The van der Waals surface area contributed by atoms with E-state index in [2.05, 4.69) is 5.10 Å². The summed E-state index contributed by atoms with van der Waals surface area (Å²) in [6.45, 7) is 1.89. The van der Waals surface area contributed by atoms with E-state index < -0.39 is 5.97 Å². The summed E-state index contributed by atoms with van der Waals surface area (Å²) in [4.78, 5) is 23.0. The molecule has 20 heavy (non-hydrogen) atoms. The van der Waals surface area contributed by atoms with Crippen molar-refractivity contribution in [3.63, 3.8) is 0 Å². The molecule has 0 fully saturated rings. The monoisotopic (exact) mass is 276 g/mol. The molecule has 0 amide bonds. The summed E-state index contributed by atoms with van der Waals surface area (Å²) in [6.07, 6.45) is 0.718. The Labute approximate surface area is 115 Å². The normalized spacial score (nSPS) is 10.7. The number of aromatic hydroxyl groups is 1. The molecule has 0 spiro atoms. The molecule has 2 rings (SSSR count). The molecule has 6 heteroatoms. The van der Waals surface area contributed by atoms with Gasteiger partial charge < -0.3 is 10.2 Å². The van der Waals surface area contributed by atoms with Gasteiger partial charge in [0.25, 0.3) is 5.56 Å². The lowest BCUT2D eigenvalue weighted by Gasteiger charge is -2.01. The van der Waals surface area contributed by atoms with Gasteiger partial charge in [0.15, 0.2) is 0 Å². The number of phenolic OH excluding ortho intramolecular Hbond substituents is 1. The second-order valence-corrected chi connectivity index (χ2v) is 4.48. The Morgan fingerprint density at radius 3 is 2.75 bits per heavy atom. The summed E-state index contributed by atoms with van der Waals surface area (Å²) >= 11 is 0. The van der Waals surface area contributed by atoms with E-state index in [0.29, 0.717) is 17.7 Å². The van der Waals surface area contributed by atoms with Gasteiger partial charge in [0.05, 0.1) is 5.69 Å². The van der Waals surface area contributed by atoms with Gasteiger partial charge in [-0.3, -0.25) is 14.7 Å². The first-order chi connectivity index (χ1) is 9.52. The third-order valence-corrected chi connectivity index (χ3v) is 3.10. The molecule has 1 aromatic heterocycles. The number of benzene rings is 1. The van der Waals surface area contributed by atoms with Crippen LogP contribution in [0.4, 0.5) is 0 Å². The zero-order chi connectivity index (χ0) is 14.7. The van der Waals surface area contributed by atoms with E-state index in [1.165, 1.54) is 16.8 Å². The Morgan fingerprint density at radius 2 is 2.15 bits per heavy atom. The number of carboxylic acid groups (broad SMARTS) is 1. The van der Waals surface area contributed by atoms with Crippen molar-refractivity contribution in [2.45, 2.75) is 26.2 Å². The number of hydrogen-bond donors (Lipinski definition) is 3. The van der Waals surface area contributed by atoms with Gasteiger partial charge in [0, 0.05) is 23.7 Å². The molecule has 1 aromatic carbocycles. The van der Waals surface area contributed by atoms with Crippen LogP contribution in [-0.4, -0.2) is 26.0 Å². The Balaban J connectivity index is 2.46. The predicted octanol–water partition coefficient (Wildman–Crippen LogP) is 1.45. The van der Waals surface area contributed by atoms with Gasteiger partial charge in [-0.2, -0.15) is 0 Å². The molecule has 106 valence electrons. The zero-order valence-electron chi connectivity index (χ0n) is 11.1. The minimum absolute atomic E-state index is 0.0640. The standard InChI is InChI=1S/C14H16N2O4/c1-2-12-11(6-7-13(18)19)14(20)16(15-12)9-4-3-5-10(17)8-9/h3-5,8,15,17H,2,6-7H2,1H3,(H,18,19). The number of aromatic nitrogens is 2. The van der Waals surface area contributed by atoms with Crippen molar-refractivity contribution in [2.24, 2.45) is 0 Å². The minimum atomic E-state index is -0.934. The fourth-order valence-corrected chi connectivity index (χ4v) is 2.11. The average Bonchev–Trinajstić information content (AvgIpc) is 2.73. The summed E-state index contributed by atoms with van der Waals surface area (Å²) < 4.78 is 1.33. The highest BCUT2D eigenvalue weighted by molar-refractivity contribution is 5.67. The lowest BCUT2D eigenvalue weighted by molar-refractivity contribution is -0.136. The van der Waals surface area contributed by atoms with Gasteiger partial charge in [-0.15, -0.1) is 0 Å². The van der Waals surface area contributed by atoms with Crippen molar-refractivity contribution in [2.75, 3.05) is 0 Å². The maximum Gasteiger partial charge on any atom is 0.303 e. The maximum atomic E-state index is 12.3. The van der Waals surface area contributed by atoms with Crippen LogP contribution in [-0.2, 0) is 17.6 Å². The molecule has 0 aliphatic rings. The van der Waals surface area contributed by atoms with Crippen molar-refractivity contribution in [3.05, 3.63) is 45.9 Å². The topological polar surface area (TPSA) is 95.3 Å². The molecule has 0 bridgehead atoms. The summed E-state index contributed by atoms with van der Waals surface area (Å²) in [7, 11) is 0. The third kappa shape index (κ3) is 2.74. The lowest BCUT2D eigenvalue weighted by atomic mass is 10.1. The average molecular weight is 276 g/mol. The summed E-state index contributed by atoms with van der Waals surface area (Å²) in [5.74, 6) is -0.870. The van der Waals surface area contributed by atoms with Gasteiger partial charge in [0.2, 0.25) is 0 Å². The Morgan fingerprint density at radius 1 is 1.40 bits per heavy atom. The van der Waals surface area contributed by atoms with Crippen LogP contribution in [0.3, 0.4) is 0 Å². The van der Waals surface area contributed by atoms with Crippen LogP contribution in [0, 0.1) is 0 Å². The van der Waals surface area contributed by atoms with Crippen LogP contribution in [0.15, 0.2) is 29.1 Å². The molecule has 0 aliphatic heterocycles. The highest BCUT2D eigenvalue weighted by Crippen LogP contribution is 2.15. The fourth-order valence-electron chi connectivity index (χ4n) is 2.11. The molecular weight excluding hydrogens is 260 g/mol. The Hall–Kier alpha value is -2.50. The first kappa shape index (κ1) is 13.9. The summed E-state index contributed by atoms with van der Waals surface area (Å²) in [6, 6.07) is 6.32. The predicted molar refractivity (Wildman–Crippen MR) is 73.4 cm³/mol. The van der Waals surface area contributed by atoms with Gasteiger partial charge >= 0.3 is 5.97 Å².